The lowest BCUT2D eigenvalue weighted by Crippen LogP contribution is -2.70. The van der Waals surface area contributed by atoms with Gasteiger partial charge in [0.15, 0.2) is 11.9 Å². The predicted molar refractivity (Wildman–Crippen MR) is 165 cm³/mol. The number of benzene rings is 2. The maximum atomic E-state index is 13.2. The molecular formula is C36H46N2O7. The molecule has 0 radical (unpaired) electrons. The third-order valence-electron chi connectivity index (χ3n) is 11.2. The first-order chi connectivity index (χ1) is 21.8. The molecule has 2 aromatic rings. The van der Waals surface area contributed by atoms with Gasteiger partial charge in [-0.3, -0.25) is 14.5 Å². The lowest BCUT2D eigenvalue weighted by molar-refractivity contribution is -0.576. The Morgan fingerprint density at radius 3 is 2.20 bits per heavy atom. The highest BCUT2D eigenvalue weighted by molar-refractivity contribution is 5.81. The Hall–Kier alpha value is -2.82. The average Bonchev–Trinajstić information content (AvgIpc) is 3.29. The summed E-state index contributed by atoms with van der Waals surface area (Å²) in [4.78, 5) is 42.7. The number of hydrogen-bond acceptors (Lipinski definition) is 8. The monoisotopic (exact) mass is 618 g/mol. The Morgan fingerprint density at radius 1 is 0.867 bits per heavy atom. The van der Waals surface area contributed by atoms with Crippen LogP contribution in [0, 0.1) is 23.7 Å². The minimum Gasteiger partial charge on any atom is -0.435 e. The summed E-state index contributed by atoms with van der Waals surface area (Å²) >= 11 is 0. The van der Waals surface area contributed by atoms with Crippen LogP contribution in [0.5, 0.6) is 0 Å². The van der Waals surface area contributed by atoms with Crippen molar-refractivity contribution in [1.82, 2.24) is 9.80 Å². The van der Waals surface area contributed by atoms with Crippen LogP contribution in [0.15, 0.2) is 60.7 Å². The summed E-state index contributed by atoms with van der Waals surface area (Å²) in [6.07, 6.45) is 2.38. The number of rotatable bonds is 7. The van der Waals surface area contributed by atoms with E-state index >= 15 is 0 Å². The highest BCUT2D eigenvalue weighted by Crippen LogP contribution is 2.60. The number of piperazine rings is 1. The van der Waals surface area contributed by atoms with Gasteiger partial charge in [0, 0.05) is 50.9 Å². The van der Waals surface area contributed by atoms with E-state index in [2.05, 4.69) is 67.3 Å². The van der Waals surface area contributed by atoms with Crippen molar-refractivity contribution in [2.45, 2.75) is 89.3 Å². The van der Waals surface area contributed by atoms with E-state index in [0.29, 0.717) is 19.0 Å². The molecule has 1 spiro atoms. The van der Waals surface area contributed by atoms with E-state index in [-0.39, 0.29) is 42.5 Å². The Morgan fingerprint density at radius 2 is 1.53 bits per heavy atom. The minimum atomic E-state index is -0.884. The van der Waals surface area contributed by atoms with Gasteiger partial charge < -0.3 is 19.1 Å². The smallest absolute Gasteiger partial charge is 0.308 e. The van der Waals surface area contributed by atoms with E-state index in [1.807, 2.05) is 24.0 Å². The summed E-state index contributed by atoms with van der Waals surface area (Å²) < 4.78 is 18.7. The predicted octanol–water partition coefficient (Wildman–Crippen LogP) is 5.45. The number of nitrogens with zero attached hydrogens (tertiary/aromatic N) is 2. The van der Waals surface area contributed by atoms with Gasteiger partial charge in [-0.15, -0.1) is 0 Å². The largest absolute Gasteiger partial charge is 0.435 e. The van der Waals surface area contributed by atoms with E-state index in [1.54, 1.807) is 0 Å². The van der Waals surface area contributed by atoms with E-state index in [4.69, 9.17) is 24.0 Å². The Kier molecular flexibility index (Phi) is 8.50. The average molecular weight is 619 g/mol. The van der Waals surface area contributed by atoms with E-state index in [1.165, 1.54) is 11.1 Å². The molecule has 9 nitrogen and oxygen atoms in total. The van der Waals surface area contributed by atoms with Gasteiger partial charge >= 0.3 is 5.97 Å². The van der Waals surface area contributed by atoms with Crippen molar-refractivity contribution in [1.29, 1.82) is 0 Å². The quantitative estimate of drug-likeness (QED) is 0.299. The lowest BCUT2D eigenvalue weighted by atomic mass is 9.58. The number of fused-ring (bicyclic) bond motifs is 2. The molecular weight excluding hydrogens is 572 g/mol. The first kappa shape index (κ1) is 30.8. The van der Waals surface area contributed by atoms with Crippen molar-refractivity contribution in [3.05, 3.63) is 71.8 Å². The molecule has 6 aliphatic rings. The minimum absolute atomic E-state index is 0.0145. The van der Waals surface area contributed by atoms with E-state index in [0.717, 1.165) is 38.8 Å². The van der Waals surface area contributed by atoms with Gasteiger partial charge in [0.1, 0.15) is 0 Å². The Labute approximate surface area is 266 Å². The van der Waals surface area contributed by atoms with Crippen LogP contribution in [0.4, 0.5) is 0 Å². The van der Waals surface area contributed by atoms with Crippen molar-refractivity contribution in [3.63, 3.8) is 0 Å². The fraction of sp³-hybridized carbons (Fsp3) is 0.611. The summed E-state index contributed by atoms with van der Waals surface area (Å²) in [7, 11) is 0. The lowest BCUT2D eigenvalue weighted by Gasteiger charge is -2.59. The molecule has 5 heterocycles. The van der Waals surface area contributed by atoms with Gasteiger partial charge in [-0.2, -0.15) is 0 Å². The SMILES string of the molecule is C[C@H]1[C@H](OC(=O)CCC(=O)N2CCN(C(c3ccccc3)c3ccccc3)CC2)O[C@@H]2O[C@@]3(C)CC[C@@H]4[C@H](C)CC[C@H]1[C@@]24OO3. The first-order valence-electron chi connectivity index (χ1n) is 16.8. The molecule has 242 valence electrons. The Balaban J connectivity index is 0.942. The van der Waals surface area contributed by atoms with Crippen LogP contribution >= 0.6 is 0 Å². The van der Waals surface area contributed by atoms with Gasteiger partial charge in [0.2, 0.25) is 18.0 Å². The molecule has 2 bridgehead atoms. The molecule has 1 saturated carbocycles. The molecule has 5 aliphatic heterocycles. The van der Waals surface area contributed by atoms with Crippen molar-refractivity contribution in [2.75, 3.05) is 26.2 Å². The van der Waals surface area contributed by atoms with Crippen molar-refractivity contribution >= 4 is 11.9 Å². The van der Waals surface area contributed by atoms with Crippen molar-refractivity contribution < 1.29 is 33.6 Å². The Bertz CT molecular complexity index is 1310. The normalized spacial score (nSPS) is 36.3. The third-order valence-corrected chi connectivity index (χ3v) is 11.2. The highest BCUT2D eigenvalue weighted by Gasteiger charge is 2.69. The van der Waals surface area contributed by atoms with E-state index < -0.39 is 29.9 Å². The van der Waals surface area contributed by atoms with E-state index in [9.17, 15) is 9.59 Å². The van der Waals surface area contributed by atoms with Gasteiger partial charge in [-0.05, 0) is 49.1 Å². The second-order valence-corrected chi connectivity index (χ2v) is 13.9. The molecule has 0 N–H and O–H groups in total. The van der Waals surface area contributed by atoms with Gasteiger partial charge in [-0.25, -0.2) is 9.78 Å². The molecule has 9 heteroatoms. The van der Waals surface area contributed by atoms with Gasteiger partial charge in [0.25, 0.3) is 0 Å². The molecule has 45 heavy (non-hydrogen) atoms. The van der Waals surface area contributed by atoms with Crippen LogP contribution in [-0.4, -0.2) is 71.8 Å². The number of carbonyl (C=O) groups is 2. The summed E-state index contributed by atoms with van der Waals surface area (Å²) in [5, 5.41) is 0. The zero-order chi connectivity index (χ0) is 31.2. The molecule has 2 aromatic carbocycles. The number of esters is 1. The summed E-state index contributed by atoms with van der Waals surface area (Å²) in [6.45, 7) is 8.97. The maximum absolute atomic E-state index is 13.2. The van der Waals surface area contributed by atoms with Crippen LogP contribution in [0.3, 0.4) is 0 Å². The third kappa shape index (κ3) is 5.71. The van der Waals surface area contributed by atoms with Crippen molar-refractivity contribution in [2.24, 2.45) is 23.7 Å². The zero-order valence-corrected chi connectivity index (χ0v) is 26.6. The summed E-state index contributed by atoms with van der Waals surface area (Å²) in [5.41, 5.74) is 1.78. The van der Waals surface area contributed by atoms with Crippen LogP contribution < -0.4 is 0 Å². The summed E-state index contributed by atoms with van der Waals surface area (Å²) in [6, 6.07) is 21.2. The maximum Gasteiger partial charge on any atom is 0.308 e. The second kappa shape index (κ2) is 12.4. The molecule has 6 fully saturated rings. The highest BCUT2D eigenvalue weighted by atomic mass is 17.3. The molecule has 0 aromatic heterocycles. The fourth-order valence-corrected chi connectivity index (χ4v) is 8.68. The van der Waals surface area contributed by atoms with Crippen LogP contribution in [-0.2, 0) is 33.6 Å². The molecule has 0 unspecified atom stereocenters. The molecule has 1 aliphatic carbocycles. The zero-order valence-electron chi connectivity index (χ0n) is 26.6. The van der Waals surface area contributed by atoms with Gasteiger partial charge in [-0.1, -0.05) is 74.5 Å². The first-order valence-corrected chi connectivity index (χ1v) is 16.8. The second-order valence-electron chi connectivity index (χ2n) is 13.9. The number of carbonyl (C=O) groups excluding carboxylic acids is 2. The topological polar surface area (TPSA) is 86.8 Å². The number of amides is 1. The number of hydrogen-bond donors (Lipinski definition) is 0. The molecule has 8 atom stereocenters. The van der Waals surface area contributed by atoms with Gasteiger partial charge in [0.05, 0.1) is 12.5 Å². The molecule has 5 saturated heterocycles. The van der Waals surface area contributed by atoms with Crippen molar-refractivity contribution in [3.8, 4) is 0 Å². The van der Waals surface area contributed by atoms with Crippen LogP contribution in [0.1, 0.15) is 76.5 Å². The molecule has 1 amide bonds. The summed E-state index contributed by atoms with van der Waals surface area (Å²) in [5.74, 6) is -0.643. The molecule has 8 rings (SSSR count). The fourth-order valence-electron chi connectivity index (χ4n) is 8.68. The van der Waals surface area contributed by atoms with Crippen LogP contribution in [0.2, 0.25) is 0 Å². The standard InChI is InChI=1S/C36H46N2O7/c1-24-14-15-29-25(2)33(42-34-36(29)28(24)18-19-35(3,43-34)44-45-36)41-31(40)17-16-30(39)37-20-22-38(23-21-37)32(26-10-6-4-7-11-26)27-12-8-5-9-13-27/h4-13,24-25,28-29,32-34H,14-23H2,1-3H3/t24-,25-,28-,29-,33-,34-,35-,36-/m1/s1. The van der Waals surface area contributed by atoms with Crippen LogP contribution in [0.25, 0.3) is 0 Å². The number of ether oxygens (including phenoxy) is 3.